The second kappa shape index (κ2) is 4.68. The van der Waals surface area contributed by atoms with E-state index in [0.717, 1.165) is 12.3 Å². The fourth-order valence-corrected chi connectivity index (χ4v) is 2.89. The van der Waals surface area contributed by atoms with Crippen LogP contribution in [0.15, 0.2) is 0 Å². The van der Waals surface area contributed by atoms with Gasteiger partial charge in [-0.3, -0.25) is 0 Å². The van der Waals surface area contributed by atoms with E-state index in [9.17, 15) is 4.79 Å². The molecule has 0 heterocycles. The number of alkyl halides is 1. The van der Waals surface area contributed by atoms with Crippen molar-refractivity contribution in [2.75, 3.05) is 4.43 Å². The van der Waals surface area contributed by atoms with Crippen molar-refractivity contribution in [1.82, 2.24) is 0 Å². The summed E-state index contributed by atoms with van der Waals surface area (Å²) in [6.45, 7) is 3.85. The molecule has 14 heavy (non-hydrogen) atoms. The average molecular weight is 311 g/mol. The van der Waals surface area contributed by atoms with Crippen molar-refractivity contribution < 1.29 is 9.53 Å². The van der Waals surface area contributed by atoms with Gasteiger partial charge in [0.05, 0.1) is 0 Å². The molecule has 2 N–H and O–H groups in total. The molecule has 1 aliphatic rings. The number of ether oxygens (including phenoxy) is 1. The van der Waals surface area contributed by atoms with Crippen molar-refractivity contribution >= 4 is 28.7 Å². The van der Waals surface area contributed by atoms with Crippen molar-refractivity contribution in [1.29, 1.82) is 0 Å². The number of hydrogen-bond acceptors (Lipinski definition) is 2. The molecule has 0 saturated heterocycles. The standard InChI is InChI=1S/C10H18INO2/c1-10(2,14-9(12)13)5-7-3-8(4-7)6-11/h7-8H,3-6H2,1-2H3,(H2,12,13)/t7-,8-. The van der Waals surface area contributed by atoms with E-state index >= 15 is 0 Å². The molecule has 1 amide bonds. The summed E-state index contributed by atoms with van der Waals surface area (Å²) in [5, 5.41) is 0. The Morgan fingerprint density at radius 1 is 1.50 bits per heavy atom. The zero-order valence-corrected chi connectivity index (χ0v) is 10.9. The highest BCUT2D eigenvalue weighted by atomic mass is 127. The summed E-state index contributed by atoms with van der Waals surface area (Å²) in [6, 6.07) is 0. The molecule has 1 fully saturated rings. The van der Waals surface area contributed by atoms with Gasteiger partial charge in [0.15, 0.2) is 0 Å². The highest BCUT2D eigenvalue weighted by molar-refractivity contribution is 14.1. The Balaban J connectivity index is 2.26. The fourth-order valence-electron chi connectivity index (χ4n) is 2.18. The van der Waals surface area contributed by atoms with E-state index in [0.29, 0.717) is 5.92 Å². The van der Waals surface area contributed by atoms with Crippen LogP contribution in [0.3, 0.4) is 0 Å². The van der Waals surface area contributed by atoms with Crippen LogP contribution in [0.2, 0.25) is 0 Å². The van der Waals surface area contributed by atoms with Gasteiger partial charge in [-0.05, 0) is 44.9 Å². The van der Waals surface area contributed by atoms with E-state index in [1.165, 1.54) is 17.3 Å². The number of nitrogens with two attached hydrogens (primary N) is 1. The summed E-state index contributed by atoms with van der Waals surface area (Å²) in [5.74, 6) is 1.59. The third kappa shape index (κ3) is 3.63. The molecule has 1 rings (SSSR count). The van der Waals surface area contributed by atoms with Gasteiger partial charge >= 0.3 is 6.09 Å². The zero-order chi connectivity index (χ0) is 10.8. The van der Waals surface area contributed by atoms with Crippen LogP contribution >= 0.6 is 22.6 Å². The van der Waals surface area contributed by atoms with Gasteiger partial charge in [-0.1, -0.05) is 22.6 Å². The quantitative estimate of drug-likeness (QED) is 0.641. The van der Waals surface area contributed by atoms with E-state index in [2.05, 4.69) is 22.6 Å². The molecular formula is C10H18INO2. The third-order valence-corrected chi connectivity index (χ3v) is 3.95. The van der Waals surface area contributed by atoms with Gasteiger partial charge in [0.25, 0.3) is 0 Å². The van der Waals surface area contributed by atoms with Gasteiger partial charge in [0.2, 0.25) is 0 Å². The molecular weight excluding hydrogens is 293 g/mol. The maximum Gasteiger partial charge on any atom is 0.405 e. The van der Waals surface area contributed by atoms with Crippen LogP contribution in [-0.2, 0) is 4.74 Å². The van der Waals surface area contributed by atoms with Crippen LogP contribution in [0.25, 0.3) is 0 Å². The lowest BCUT2D eigenvalue weighted by atomic mass is 9.71. The van der Waals surface area contributed by atoms with Crippen molar-refractivity contribution in [3.05, 3.63) is 0 Å². The Morgan fingerprint density at radius 2 is 2.07 bits per heavy atom. The Bertz CT molecular complexity index is 212. The molecule has 0 aromatic carbocycles. The summed E-state index contributed by atoms with van der Waals surface area (Å²) < 4.78 is 6.29. The number of primary amides is 1. The molecule has 0 unspecified atom stereocenters. The largest absolute Gasteiger partial charge is 0.444 e. The second-order valence-electron chi connectivity index (χ2n) is 4.74. The van der Waals surface area contributed by atoms with Crippen molar-refractivity contribution in [3.63, 3.8) is 0 Å². The first kappa shape index (κ1) is 12.1. The second-order valence-corrected chi connectivity index (χ2v) is 5.62. The summed E-state index contributed by atoms with van der Waals surface area (Å²) in [7, 11) is 0. The molecule has 0 atom stereocenters. The smallest absolute Gasteiger partial charge is 0.405 e. The fraction of sp³-hybridized carbons (Fsp3) is 0.900. The Labute approximate surface area is 98.9 Å². The van der Waals surface area contributed by atoms with E-state index in [1.54, 1.807) is 0 Å². The Kier molecular flexibility index (Phi) is 4.04. The number of carbonyl (C=O) groups excluding carboxylic acids is 1. The SMILES string of the molecule is CC(C)(C[C@H]1C[C@H](CI)C1)OC(N)=O. The van der Waals surface area contributed by atoms with E-state index < -0.39 is 11.7 Å². The predicted octanol–water partition coefficient (Wildman–Crippen LogP) is 2.71. The first-order valence-electron chi connectivity index (χ1n) is 4.97. The zero-order valence-electron chi connectivity index (χ0n) is 8.75. The minimum absolute atomic E-state index is 0.396. The minimum atomic E-state index is -0.667. The lowest BCUT2D eigenvalue weighted by Gasteiger charge is -2.38. The topological polar surface area (TPSA) is 52.3 Å². The molecule has 0 aromatic rings. The van der Waals surface area contributed by atoms with Gasteiger partial charge in [0, 0.05) is 4.43 Å². The Hall–Kier alpha value is 0. The number of carbonyl (C=O) groups is 1. The lowest BCUT2D eigenvalue weighted by Crippen LogP contribution is -2.37. The summed E-state index contributed by atoms with van der Waals surface area (Å²) in [6.07, 6.45) is 2.81. The molecule has 0 spiro atoms. The molecule has 82 valence electrons. The molecule has 0 bridgehead atoms. The van der Waals surface area contributed by atoms with Crippen molar-refractivity contribution in [2.45, 2.75) is 38.7 Å². The van der Waals surface area contributed by atoms with Gasteiger partial charge in [-0.15, -0.1) is 0 Å². The molecule has 1 aliphatic carbocycles. The predicted molar refractivity (Wildman–Crippen MR) is 64.5 cm³/mol. The van der Waals surface area contributed by atoms with E-state index in [-0.39, 0.29) is 0 Å². The van der Waals surface area contributed by atoms with Crippen molar-refractivity contribution in [3.8, 4) is 0 Å². The minimum Gasteiger partial charge on any atom is -0.444 e. The third-order valence-electron chi connectivity index (χ3n) is 2.71. The van der Waals surface area contributed by atoms with Gasteiger partial charge in [-0.25, -0.2) is 4.79 Å². The van der Waals surface area contributed by atoms with Crippen molar-refractivity contribution in [2.24, 2.45) is 17.6 Å². The maximum absolute atomic E-state index is 10.6. The monoisotopic (exact) mass is 311 g/mol. The van der Waals surface area contributed by atoms with Gasteiger partial charge < -0.3 is 10.5 Å². The first-order chi connectivity index (χ1) is 6.43. The van der Waals surface area contributed by atoms with Crippen LogP contribution in [0, 0.1) is 11.8 Å². The number of rotatable bonds is 4. The summed E-state index contributed by atoms with van der Waals surface area (Å²) in [5.41, 5.74) is 4.61. The summed E-state index contributed by atoms with van der Waals surface area (Å²) in [4.78, 5) is 10.6. The molecule has 1 saturated carbocycles. The van der Waals surface area contributed by atoms with Crippen LogP contribution in [0.5, 0.6) is 0 Å². The summed E-state index contributed by atoms with van der Waals surface area (Å²) >= 11 is 2.43. The Morgan fingerprint density at radius 3 is 2.50 bits per heavy atom. The highest BCUT2D eigenvalue weighted by Gasteiger charge is 2.34. The number of halogens is 1. The molecule has 0 aromatic heterocycles. The number of hydrogen-bond donors (Lipinski definition) is 1. The highest BCUT2D eigenvalue weighted by Crippen LogP contribution is 2.40. The molecule has 4 heteroatoms. The maximum atomic E-state index is 10.6. The normalized spacial score (nSPS) is 26.8. The average Bonchev–Trinajstić information content (AvgIpc) is 1.93. The van der Waals surface area contributed by atoms with E-state index in [4.69, 9.17) is 10.5 Å². The van der Waals surface area contributed by atoms with Gasteiger partial charge in [0.1, 0.15) is 5.60 Å². The molecule has 0 radical (unpaired) electrons. The first-order valence-corrected chi connectivity index (χ1v) is 6.50. The van der Waals surface area contributed by atoms with E-state index in [1.807, 2.05) is 13.8 Å². The molecule has 3 nitrogen and oxygen atoms in total. The lowest BCUT2D eigenvalue weighted by molar-refractivity contribution is 0.00843. The van der Waals surface area contributed by atoms with Crippen LogP contribution < -0.4 is 5.73 Å². The molecule has 0 aliphatic heterocycles. The van der Waals surface area contributed by atoms with Crippen LogP contribution in [0.4, 0.5) is 4.79 Å². The van der Waals surface area contributed by atoms with Crippen LogP contribution in [0.1, 0.15) is 33.1 Å². The van der Waals surface area contributed by atoms with Gasteiger partial charge in [-0.2, -0.15) is 0 Å². The van der Waals surface area contributed by atoms with Crippen LogP contribution in [-0.4, -0.2) is 16.1 Å². The number of amides is 1.